The fourth-order valence-corrected chi connectivity index (χ4v) is 3.32. The van der Waals surface area contributed by atoms with Gasteiger partial charge in [-0.25, -0.2) is 0 Å². The van der Waals surface area contributed by atoms with E-state index >= 15 is 0 Å². The number of rotatable bonds is 5. The highest BCUT2D eigenvalue weighted by molar-refractivity contribution is 5.68. The molecule has 1 N–H and O–H groups in total. The van der Waals surface area contributed by atoms with Crippen LogP contribution in [-0.2, 0) is 9.53 Å². The molecule has 0 bridgehead atoms. The molecule has 1 saturated heterocycles. The van der Waals surface area contributed by atoms with Crippen LogP contribution >= 0.6 is 0 Å². The van der Waals surface area contributed by atoms with Crippen molar-refractivity contribution in [2.75, 3.05) is 6.61 Å². The summed E-state index contributed by atoms with van der Waals surface area (Å²) in [7, 11) is 0. The van der Waals surface area contributed by atoms with E-state index in [-0.39, 0.29) is 17.9 Å². The molecule has 3 atom stereocenters. The Balaban J connectivity index is 2.23. The number of hydrogen-bond donors (Lipinski definition) is 1. The summed E-state index contributed by atoms with van der Waals surface area (Å²) in [5, 5.41) is 9.29. The van der Waals surface area contributed by atoms with Gasteiger partial charge in [0, 0.05) is 6.61 Å². The van der Waals surface area contributed by atoms with Crippen molar-refractivity contribution in [3.05, 3.63) is 35.4 Å². The lowest BCUT2D eigenvalue weighted by Gasteiger charge is -2.41. The standard InChI is InChI=1S/C18H26O3/c1-4-18(3)12-15(9-10-21-18)16(11-17(19)20)14-7-5-13(2)6-8-14/h5-8,15-16H,4,9-12H2,1-3H3,(H,19,20)/t15-,16+,18+/m0/s1. The van der Waals surface area contributed by atoms with Gasteiger partial charge in [-0.2, -0.15) is 0 Å². The summed E-state index contributed by atoms with van der Waals surface area (Å²) >= 11 is 0. The van der Waals surface area contributed by atoms with Gasteiger partial charge in [0.25, 0.3) is 0 Å². The van der Waals surface area contributed by atoms with E-state index < -0.39 is 5.97 Å². The molecule has 3 heteroatoms. The first-order valence-corrected chi connectivity index (χ1v) is 7.86. The number of hydrogen-bond acceptors (Lipinski definition) is 2. The molecule has 0 unspecified atom stereocenters. The molecule has 21 heavy (non-hydrogen) atoms. The van der Waals surface area contributed by atoms with E-state index in [1.54, 1.807) is 0 Å². The van der Waals surface area contributed by atoms with Gasteiger partial charge >= 0.3 is 5.97 Å². The molecule has 1 aromatic carbocycles. The first-order valence-electron chi connectivity index (χ1n) is 7.86. The second kappa shape index (κ2) is 6.61. The smallest absolute Gasteiger partial charge is 0.303 e. The average Bonchev–Trinajstić information content (AvgIpc) is 2.46. The quantitative estimate of drug-likeness (QED) is 0.886. The normalized spacial score (nSPS) is 27.3. The predicted octanol–water partition coefficient (Wildman–Crippen LogP) is 4.15. The molecule has 0 aliphatic carbocycles. The molecule has 1 aliphatic rings. The Morgan fingerprint density at radius 2 is 2.10 bits per heavy atom. The third-order valence-electron chi connectivity index (χ3n) is 4.85. The van der Waals surface area contributed by atoms with Gasteiger partial charge < -0.3 is 9.84 Å². The summed E-state index contributed by atoms with van der Waals surface area (Å²) in [5.74, 6) is -0.259. The summed E-state index contributed by atoms with van der Waals surface area (Å²) < 4.78 is 5.91. The number of carbonyl (C=O) groups is 1. The highest BCUT2D eigenvalue weighted by atomic mass is 16.5. The van der Waals surface area contributed by atoms with Crippen LogP contribution in [0.1, 0.15) is 56.6 Å². The molecule has 1 aliphatic heterocycles. The molecule has 1 aromatic rings. The number of ether oxygens (including phenoxy) is 1. The minimum Gasteiger partial charge on any atom is -0.481 e. The zero-order chi connectivity index (χ0) is 15.5. The number of carboxylic acids is 1. The third-order valence-corrected chi connectivity index (χ3v) is 4.85. The molecule has 2 rings (SSSR count). The van der Waals surface area contributed by atoms with Crippen molar-refractivity contribution in [2.24, 2.45) is 5.92 Å². The van der Waals surface area contributed by atoms with Gasteiger partial charge in [-0.3, -0.25) is 4.79 Å². The average molecular weight is 290 g/mol. The van der Waals surface area contributed by atoms with E-state index in [0.717, 1.165) is 31.4 Å². The summed E-state index contributed by atoms with van der Waals surface area (Å²) in [6.45, 7) is 7.07. The number of aryl methyl sites for hydroxylation is 1. The van der Waals surface area contributed by atoms with Crippen LogP contribution in [0.25, 0.3) is 0 Å². The van der Waals surface area contributed by atoms with Gasteiger partial charge in [0.1, 0.15) is 0 Å². The van der Waals surface area contributed by atoms with E-state index in [4.69, 9.17) is 4.74 Å². The van der Waals surface area contributed by atoms with E-state index in [0.29, 0.717) is 5.92 Å². The molecule has 0 aromatic heterocycles. The fraction of sp³-hybridized carbons (Fsp3) is 0.611. The lowest BCUT2D eigenvalue weighted by molar-refractivity contribution is -0.139. The van der Waals surface area contributed by atoms with Gasteiger partial charge in [-0.1, -0.05) is 36.8 Å². The number of aliphatic carboxylic acids is 1. The first-order chi connectivity index (χ1) is 9.93. The molecule has 116 valence electrons. The zero-order valence-electron chi connectivity index (χ0n) is 13.3. The van der Waals surface area contributed by atoms with Crippen molar-refractivity contribution >= 4 is 5.97 Å². The summed E-state index contributed by atoms with van der Waals surface area (Å²) in [4.78, 5) is 11.3. The maximum Gasteiger partial charge on any atom is 0.303 e. The molecular weight excluding hydrogens is 264 g/mol. The van der Waals surface area contributed by atoms with Crippen molar-refractivity contribution in [1.29, 1.82) is 0 Å². The van der Waals surface area contributed by atoms with E-state index in [1.807, 2.05) is 0 Å². The lowest BCUT2D eigenvalue weighted by atomic mass is 9.74. The van der Waals surface area contributed by atoms with Crippen LogP contribution in [0, 0.1) is 12.8 Å². The predicted molar refractivity (Wildman–Crippen MR) is 83.5 cm³/mol. The Morgan fingerprint density at radius 3 is 2.67 bits per heavy atom. The van der Waals surface area contributed by atoms with Gasteiger partial charge in [-0.15, -0.1) is 0 Å². The van der Waals surface area contributed by atoms with Gasteiger partial charge in [0.05, 0.1) is 12.0 Å². The van der Waals surface area contributed by atoms with Crippen molar-refractivity contribution in [3.63, 3.8) is 0 Å². The molecule has 0 radical (unpaired) electrons. The van der Waals surface area contributed by atoms with Crippen LogP contribution in [0.2, 0.25) is 0 Å². The van der Waals surface area contributed by atoms with Crippen LogP contribution in [0.4, 0.5) is 0 Å². The molecular formula is C18H26O3. The van der Waals surface area contributed by atoms with Crippen LogP contribution in [0.3, 0.4) is 0 Å². The van der Waals surface area contributed by atoms with Crippen LogP contribution in [0.5, 0.6) is 0 Å². The topological polar surface area (TPSA) is 46.5 Å². The molecule has 0 amide bonds. The largest absolute Gasteiger partial charge is 0.481 e. The molecule has 1 heterocycles. The lowest BCUT2D eigenvalue weighted by Crippen LogP contribution is -2.38. The van der Waals surface area contributed by atoms with Crippen molar-refractivity contribution in [1.82, 2.24) is 0 Å². The van der Waals surface area contributed by atoms with Gasteiger partial charge in [0.15, 0.2) is 0 Å². The molecule has 3 nitrogen and oxygen atoms in total. The summed E-state index contributed by atoms with van der Waals surface area (Å²) in [6.07, 6.45) is 3.06. The Kier molecular flexibility index (Phi) is 5.04. The maximum absolute atomic E-state index is 11.3. The minimum atomic E-state index is -0.717. The Bertz CT molecular complexity index is 480. The monoisotopic (exact) mass is 290 g/mol. The highest BCUT2D eigenvalue weighted by Crippen LogP contribution is 2.41. The zero-order valence-corrected chi connectivity index (χ0v) is 13.3. The second-order valence-corrected chi connectivity index (χ2v) is 6.52. The number of carboxylic acid groups (broad SMARTS) is 1. The van der Waals surface area contributed by atoms with Crippen molar-refractivity contribution in [3.8, 4) is 0 Å². The van der Waals surface area contributed by atoms with Gasteiger partial charge in [0.2, 0.25) is 0 Å². The molecule has 0 spiro atoms. The first kappa shape index (κ1) is 16.0. The van der Waals surface area contributed by atoms with Crippen molar-refractivity contribution in [2.45, 2.75) is 58.0 Å². The Morgan fingerprint density at radius 1 is 1.43 bits per heavy atom. The van der Waals surface area contributed by atoms with Crippen molar-refractivity contribution < 1.29 is 14.6 Å². The SMILES string of the molecule is CC[C@]1(C)C[C@@H]([C@H](CC(=O)O)c2ccc(C)cc2)CCO1. The summed E-state index contributed by atoms with van der Waals surface area (Å²) in [6, 6.07) is 8.31. The van der Waals surface area contributed by atoms with Crippen LogP contribution in [0.15, 0.2) is 24.3 Å². The fourth-order valence-electron chi connectivity index (χ4n) is 3.32. The van der Waals surface area contributed by atoms with Crippen LogP contribution < -0.4 is 0 Å². The summed E-state index contributed by atoms with van der Waals surface area (Å²) in [5.41, 5.74) is 2.25. The van der Waals surface area contributed by atoms with E-state index in [9.17, 15) is 9.90 Å². The highest BCUT2D eigenvalue weighted by Gasteiger charge is 2.36. The molecule has 1 fully saturated rings. The second-order valence-electron chi connectivity index (χ2n) is 6.52. The third kappa shape index (κ3) is 4.07. The molecule has 0 saturated carbocycles. The minimum absolute atomic E-state index is 0.0814. The van der Waals surface area contributed by atoms with E-state index in [2.05, 4.69) is 45.0 Å². The Labute approximate surface area is 127 Å². The van der Waals surface area contributed by atoms with E-state index in [1.165, 1.54) is 5.56 Å². The van der Waals surface area contributed by atoms with Crippen LogP contribution in [-0.4, -0.2) is 23.3 Å². The van der Waals surface area contributed by atoms with Gasteiger partial charge in [-0.05, 0) is 50.5 Å². The Hall–Kier alpha value is -1.35. The number of benzene rings is 1. The maximum atomic E-state index is 11.3.